The fraction of sp³-hybridized carbons (Fsp3) is 0.102. The largest absolute Gasteiger partial charge is 0.312 e. The minimum Gasteiger partial charge on any atom is -0.312 e. The number of benzene rings is 6. The molecule has 2 aliphatic rings. The number of allylic oxidation sites excluding steroid dienone is 5. The van der Waals surface area contributed by atoms with Crippen molar-refractivity contribution in [1.82, 2.24) is 9.13 Å². The zero-order chi connectivity index (χ0) is 33.9. The van der Waals surface area contributed by atoms with E-state index in [1.54, 1.807) is 0 Å². The molecule has 0 saturated heterocycles. The molecule has 0 aliphatic heterocycles. The first-order valence-corrected chi connectivity index (χ1v) is 18.2. The lowest BCUT2D eigenvalue weighted by Gasteiger charge is -2.19. The summed E-state index contributed by atoms with van der Waals surface area (Å²) < 4.78 is 5.02. The van der Waals surface area contributed by atoms with Gasteiger partial charge in [0.1, 0.15) is 0 Å². The predicted octanol–water partition coefficient (Wildman–Crippen LogP) is 13.0. The lowest BCUT2D eigenvalue weighted by Crippen LogP contribution is -2.04. The van der Waals surface area contributed by atoms with E-state index >= 15 is 0 Å². The number of aromatic nitrogens is 2. The van der Waals surface area contributed by atoms with Crippen molar-refractivity contribution < 1.29 is 0 Å². The summed E-state index contributed by atoms with van der Waals surface area (Å²) in [6.45, 7) is 2.33. The van der Waals surface area contributed by atoms with Gasteiger partial charge in [0, 0.05) is 38.8 Å². The summed E-state index contributed by atoms with van der Waals surface area (Å²) in [5.74, 6) is 0.533. The molecule has 2 nitrogen and oxygen atoms in total. The van der Waals surface area contributed by atoms with Gasteiger partial charge < -0.3 is 9.13 Å². The second-order valence-corrected chi connectivity index (χ2v) is 14.1. The summed E-state index contributed by atoms with van der Waals surface area (Å²) in [6, 6.07) is 51.5. The molecular weight excluding hydrogens is 617 g/mol. The van der Waals surface area contributed by atoms with Gasteiger partial charge >= 0.3 is 0 Å². The van der Waals surface area contributed by atoms with E-state index < -0.39 is 0 Å². The number of nitrogens with zero attached hydrogens (tertiary/aromatic N) is 2. The highest BCUT2D eigenvalue weighted by Gasteiger charge is 2.24. The molecule has 244 valence electrons. The summed E-state index contributed by atoms with van der Waals surface area (Å²) in [4.78, 5) is 0. The highest BCUT2D eigenvalue weighted by Crippen LogP contribution is 2.43. The Kier molecular flexibility index (Phi) is 7.02. The monoisotopic (exact) mass is 654 g/mol. The molecule has 0 amide bonds. The summed E-state index contributed by atoms with van der Waals surface area (Å²) in [5.41, 5.74) is 16.6. The van der Waals surface area contributed by atoms with Crippen LogP contribution in [0.1, 0.15) is 36.6 Å². The van der Waals surface area contributed by atoms with E-state index in [4.69, 9.17) is 0 Å². The van der Waals surface area contributed by atoms with Crippen LogP contribution in [0.15, 0.2) is 164 Å². The van der Waals surface area contributed by atoms with Gasteiger partial charge in [-0.2, -0.15) is 0 Å². The molecule has 0 spiro atoms. The van der Waals surface area contributed by atoms with Crippen LogP contribution in [0.25, 0.3) is 78.0 Å². The fourth-order valence-electron chi connectivity index (χ4n) is 8.54. The van der Waals surface area contributed by atoms with Crippen LogP contribution < -0.4 is 0 Å². The van der Waals surface area contributed by atoms with E-state index in [1.165, 1.54) is 88.7 Å². The zero-order valence-electron chi connectivity index (χ0n) is 28.8. The van der Waals surface area contributed by atoms with Gasteiger partial charge in [0.15, 0.2) is 0 Å². The number of hydrogen-bond donors (Lipinski definition) is 0. The van der Waals surface area contributed by atoms with Crippen molar-refractivity contribution in [2.45, 2.75) is 26.2 Å². The van der Waals surface area contributed by atoms with Gasteiger partial charge in [-0.25, -0.2) is 0 Å². The Morgan fingerprint density at radius 3 is 1.88 bits per heavy atom. The molecule has 0 saturated carbocycles. The van der Waals surface area contributed by atoms with Crippen LogP contribution in [0.5, 0.6) is 0 Å². The van der Waals surface area contributed by atoms with Gasteiger partial charge in [-0.3, -0.25) is 0 Å². The van der Waals surface area contributed by atoms with Crippen molar-refractivity contribution >= 4 is 44.4 Å². The molecule has 51 heavy (non-hydrogen) atoms. The first kappa shape index (κ1) is 29.8. The third kappa shape index (κ3) is 4.86. The lowest BCUT2D eigenvalue weighted by atomic mass is 9.88. The van der Waals surface area contributed by atoms with Crippen molar-refractivity contribution in [3.63, 3.8) is 0 Å². The van der Waals surface area contributed by atoms with Crippen LogP contribution >= 0.6 is 0 Å². The molecule has 0 bridgehead atoms. The zero-order valence-corrected chi connectivity index (χ0v) is 28.8. The van der Waals surface area contributed by atoms with E-state index in [2.05, 4.69) is 186 Å². The maximum Gasteiger partial charge on any atom is 0.0638 e. The minimum absolute atomic E-state index is 0.533. The topological polar surface area (TPSA) is 9.86 Å². The Balaban J connectivity index is 1.12. The van der Waals surface area contributed by atoms with Gasteiger partial charge in [-0.05, 0) is 95.0 Å². The van der Waals surface area contributed by atoms with Crippen LogP contribution in [-0.2, 0) is 6.42 Å². The summed E-state index contributed by atoms with van der Waals surface area (Å²) in [5, 5.41) is 3.91. The molecule has 0 radical (unpaired) electrons. The highest BCUT2D eigenvalue weighted by atomic mass is 15.0. The Labute approximate surface area is 298 Å². The van der Waals surface area contributed by atoms with Crippen molar-refractivity contribution in [2.75, 3.05) is 0 Å². The Morgan fingerprint density at radius 2 is 1.16 bits per heavy atom. The molecule has 0 N–H and O–H groups in total. The van der Waals surface area contributed by atoms with Crippen molar-refractivity contribution in [1.29, 1.82) is 0 Å². The number of rotatable bonds is 5. The summed E-state index contributed by atoms with van der Waals surface area (Å²) >= 11 is 0. The minimum atomic E-state index is 0.533. The number of fused-ring (bicyclic) bond motifs is 7. The summed E-state index contributed by atoms with van der Waals surface area (Å²) in [6.07, 6.45) is 14.6. The van der Waals surface area contributed by atoms with E-state index in [9.17, 15) is 0 Å². The van der Waals surface area contributed by atoms with Crippen molar-refractivity contribution in [3.05, 3.63) is 181 Å². The molecule has 2 aliphatic carbocycles. The normalized spacial score (nSPS) is 15.5. The first-order valence-electron chi connectivity index (χ1n) is 18.2. The third-order valence-electron chi connectivity index (χ3n) is 11.1. The molecule has 1 unspecified atom stereocenters. The molecule has 8 aromatic rings. The van der Waals surface area contributed by atoms with Gasteiger partial charge in [0.2, 0.25) is 0 Å². The maximum absolute atomic E-state index is 2.57. The van der Waals surface area contributed by atoms with Crippen molar-refractivity contribution in [2.24, 2.45) is 5.92 Å². The second-order valence-electron chi connectivity index (χ2n) is 14.1. The van der Waals surface area contributed by atoms with Crippen LogP contribution in [0, 0.1) is 5.92 Å². The lowest BCUT2D eigenvalue weighted by molar-refractivity contribution is 0.758. The van der Waals surface area contributed by atoms with Gasteiger partial charge in [0.05, 0.1) is 16.6 Å². The number of para-hydroxylation sites is 1. The number of hydrogen-bond acceptors (Lipinski definition) is 0. The smallest absolute Gasteiger partial charge is 0.0638 e. The van der Waals surface area contributed by atoms with Gasteiger partial charge in [0.25, 0.3) is 0 Å². The maximum atomic E-state index is 2.57. The SMILES string of the molecule is CC1CC=CC=C1c1ccc(-n2c3c(c4ccc5c(c6ccccc6n5-c5ccc(-c6ccc(-c7ccccc7)cc6)cc5)c42)C=CCC3)cc1. The van der Waals surface area contributed by atoms with Crippen LogP contribution in [-0.4, -0.2) is 9.13 Å². The quantitative estimate of drug-likeness (QED) is 0.175. The van der Waals surface area contributed by atoms with Gasteiger partial charge in [-0.15, -0.1) is 0 Å². The molecule has 6 aromatic carbocycles. The molecular formula is C49H38N2. The Morgan fingerprint density at radius 1 is 0.529 bits per heavy atom. The second kappa shape index (κ2) is 12.0. The molecule has 2 heterocycles. The third-order valence-corrected chi connectivity index (χ3v) is 11.1. The molecule has 0 fully saturated rings. The van der Waals surface area contributed by atoms with Crippen molar-refractivity contribution in [3.8, 4) is 33.6 Å². The Bertz CT molecular complexity index is 2680. The molecule has 10 rings (SSSR count). The molecule has 1 atom stereocenters. The van der Waals surface area contributed by atoms with Crippen LogP contribution in [0.2, 0.25) is 0 Å². The standard InChI is InChI=1S/C49H38N2/c1-33-11-5-6-14-41(33)38-25-29-40(30-26-38)51-45-17-9-7-15-42(45)43-31-32-47-48(49(43)51)44-16-8-10-18-46(44)50(47)39-27-23-37(24-28-39)36-21-19-35(20-22-36)34-12-3-2-4-13-34/h2-8,10,12-16,18-33H,9,11,17H2,1H3. The van der Waals surface area contributed by atoms with Gasteiger partial charge in [-0.1, -0.05) is 140 Å². The van der Waals surface area contributed by atoms with E-state index in [-0.39, 0.29) is 0 Å². The molecule has 2 heteroatoms. The first-order chi connectivity index (χ1) is 25.2. The fourth-order valence-corrected chi connectivity index (χ4v) is 8.54. The molecule has 2 aromatic heterocycles. The average Bonchev–Trinajstić information content (AvgIpc) is 3.72. The van der Waals surface area contributed by atoms with E-state index in [1.807, 2.05) is 0 Å². The predicted molar refractivity (Wildman–Crippen MR) is 217 cm³/mol. The highest BCUT2D eigenvalue weighted by molar-refractivity contribution is 6.22. The van der Waals surface area contributed by atoms with Crippen LogP contribution in [0.4, 0.5) is 0 Å². The van der Waals surface area contributed by atoms with E-state index in [0.717, 1.165) is 19.3 Å². The van der Waals surface area contributed by atoms with Crippen LogP contribution in [0.3, 0.4) is 0 Å². The average molecular weight is 655 g/mol. The van der Waals surface area contributed by atoms with E-state index in [0.29, 0.717) is 5.92 Å². The Hall–Kier alpha value is -6.12. The summed E-state index contributed by atoms with van der Waals surface area (Å²) in [7, 11) is 0.